The highest BCUT2D eigenvalue weighted by atomic mass is 16.6. The van der Waals surface area contributed by atoms with Crippen molar-refractivity contribution in [1.29, 1.82) is 0 Å². The quantitative estimate of drug-likeness (QED) is 0.338. The van der Waals surface area contributed by atoms with E-state index in [-0.39, 0.29) is 12.3 Å². The van der Waals surface area contributed by atoms with Crippen LogP contribution in [0, 0.1) is 28.9 Å². The van der Waals surface area contributed by atoms with Gasteiger partial charge in [-0.3, -0.25) is 10.1 Å². The lowest BCUT2D eigenvalue weighted by molar-refractivity contribution is -0.384. The van der Waals surface area contributed by atoms with Gasteiger partial charge in [-0.1, -0.05) is 5.92 Å². The second-order valence-corrected chi connectivity index (χ2v) is 3.28. The Hall–Kier alpha value is -2.35. The summed E-state index contributed by atoms with van der Waals surface area (Å²) in [4.78, 5) is 21.1. The number of carbonyl (C=O) groups is 1. The maximum atomic E-state index is 11.0. The first-order valence-electron chi connectivity index (χ1n) is 4.97. The van der Waals surface area contributed by atoms with E-state index in [0.29, 0.717) is 11.1 Å². The van der Waals surface area contributed by atoms with Crippen LogP contribution in [0.5, 0.6) is 0 Å². The zero-order chi connectivity index (χ0) is 12.8. The van der Waals surface area contributed by atoms with Gasteiger partial charge in [0.05, 0.1) is 11.5 Å². The smallest absolute Gasteiger partial charge is 0.384 e. The minimum Gasteiger partial charge on any atom is -0.456 e. The molecule has 0 radical (unpaired) electrons. The molecule has 88 valence electrons. The number of hydrogen-bond donors (Lipinski definition) is 0. The molecular formula is C12H11NO4. The van der Waals surface area contributed by atoms with Gasteiger partial charge in [-0.05, 0) is 25.5 Å². The third-order valence-electron chi connectivity index (χ3n) is 1.86. The first-order chi connectivity index (χ1) is 8.02. The van der Waals surface area contributed by atoms with Crippen LogP contribution in [-0.2, 0) is 9.53 Å². The number of carbonyl (C=O) groups excluding carboxylic acids is 1. The molecule has 5 nitrogen and oxygen atoms in total. The van der Waals surface area contributed by atoms with Crippen molar-refractivity contribution >= 4 is 11.7 Å². The summed E-state index contributed by atoms with van der Waals surface area (Å²) < 4.78 is 4.63. The van der Waals surface area contributed by atoms with Gasteiger partial charge in [-0.25, -0.2) is 4.79 Å². The second-order valence-electron chi connectivity index (χ2n) is 3.28. The van der Waals surface area contributed by atoms with E-state index >= 15 is 0 Å². The van der Waals surface area contributed by atoms with E-state index in [1.807, 2.05) is 0 Å². The van der Waals surface area contributed by atoms with Crippen LogP contribution in [0.4, 0.5) is 5.69 Å². The Kier molecular flexibility index (Phi) is 4.23. The van der Waals surface area contributed by atoms with E-state index in [9.17, 15) is 14.9 Å². The number of aryl methyl sites for hydroxylation is 1. The standard InChI is InChI=1S/C12H11NO4/c1-3-17-12(14)5-4-10-6-9(2)7-11(8-10)13(15)16/h6-8H,3H2,1-2H3. The number of rotatable bonds is 2. The van der Waals surface area contributed by atoms with Crippen LogP contribution < -0.4 is 0 Å². The Labute approximate surface area is 98.5 Å². The molecule has 0 aliphatic rings. The van der Waals surface area contributed by atoms with Crippen molar-refractivity contribution in [2.24, 2.45) is 0 Å². The fourth-order valence-electron chi connectivity index (χ4n) is 1.23. The number of esters is 1. The molecule has 0 aliphatic carbocycles. The molecule has 17 heavy (non-hydrogen) atoms. The van der Waals surface area contributed by atoms with Gasteiger partial charge >= 0.3 is 5.97 Å². The second kappa shape index (κ2) is 5.66. The molecule has 0 saturated carbocycles. The average Bonchev–Trinajstić information content (AvgIpc) is 2.26. The minimum absolute atomic E-state index is 0.0434. The average molecular weight is 233 g/mol. The lowest BCUT2D eigenvalue weighted by Gasteiger charge is -1.96. The van der Waals surface area contributed by atoms with E-state index in [4.69, 9.17) is 0 Å². The Morgan fingerprint density at radius 2 is 2.18 bits per heavy atom. The fraction of sp³-hybridized carbons (Fsp3) is 0.250. The molecule has 0 atom stereocenters. The number of benzene rings is 1. The highest BCUT2D eigenvalue weighted by Gasteiger charge is 2.06. The van der Waals surface area contributed by atoms with E-state index in [1.165, 1.54) is 12.1 Å². The predicted octanol–water partition coefficient (Wildman–Crippen LogP) is 1.82. The van der Waals surface area contributed by atoms with Crippen molar-refractivity contribution in [2.45, 2.75) is 13.8 Å². The van der Waals surface area contributed by atoms with Crippen LogP contribution in [-0.4, -0.2) is 17.5 Å². The van der Waals surface area contributed by atoms with Crippen molar-refractivity contribution in [3.05, 3.63) is 39.4 Å². The molecule has 0 aliphatic heterocycles. The highest BCUT2D eigenvalue weighted by molar-refractivity contribution is 5.89. The van der Waals surface area contributed by atoms with Gasteiger partial charge in [0, 0.05) is 23.6 Å². The van der Waals surface area contributed by atoms with Crippen molar-refractivity contribution < 1.29 is 14.5 Å². The van der Waals surface area contributed by atoms with Gasteiger partial charge in [0.15, 0.2) is 0 Å². The molecule has 0 unspecified atom stereocenters. The van der Waals surface area contributed by atoms with Gasteiger partial charge in [-0.15, -0.1) is 0 Å². The van der Waals surface area contributed by atoms with Crippen molar-refractivity contribution in [2.75, 3.05) is 6.61 Å². The van der Waals surface area contributed by atoms with Crippen LogP contribution in [0.3, 0.4) is 0 Å². The highest BCUT2D eigenvalue weighted by Crippen LogP contribution is 2.15. The summed E-state index contributed by atoms with van der Waals surface area (Å²) in [5.41, 5.74) is 1.09. The van der Waals surface area contributed by atoms with Crippen molar-refractivity contribution in [3.8, 4) is 11.8 Å². The summed E-state index contributed by atoms with van der Waals surface area (Å²) in [7, 11) is 0. The molecule has 0 heterocycles. The molecular weight excluding hydrogens is 222 g/mol. The molecule has 0 bridgehead atoms. The van der Waals surface area contributed by atoms with Gasteiger partial charge in [0.25, 0.3) is 5.69 Å². The number of non-ortho nitro benzene ring substituents is 1. The third-order valence-corrected chi connectivity index (χ3v) is 1.86. The molecule has 1 aromatic rings. The van der Waals surface area contributed by atoms with Gasteiger partial charge in [0.2, 0.25) is 0 Å². The van der Waals surface area contributed by atoms with Crippen molar-refractivity contribution in [3.63, 3.8) is 0 Å². The molecule has 0 saturated heterocycles. The fourth-order valence-corrected chi connectivity index (χ4v) is 1.23. The summed E-state index contributed by atoms with van der Waals surface area (Å²) in [6, 6.07) is 4.42. The summed E-state index contributed by atoms with van der Waals surface area (Å²) in [6.07, 6.45) is 0. The summed E-state index contributed by atoms with van der Waals surface area (Å²) >= 11 is 0. The first-order valence-corrected chi connectivity index (χ1v) is 4.97. The molecule has 1 aromatic carbocycles. The number of nitrogens with zero attached hydrogens (tertiary/aromatic N) is 1. The SMILES string of the molecule is CCOC(=O)C#Cc1cc(C)cc([N+](=O)[O-])c1. The van der Waals surface area contributed by atoms with Gasteiger partial charge < -0.3 is 4.74 Å². The molecule has 0 spiro atoms. The zero-order valence-corrected chi connectivity index (χ0v) is 9.52. The number of ether oxygens (including phenoxy) is 1. The van der Waals surface area contributed by atoms with Gasteiger partial charge in [0.1, 0.15) is 0 Å². The molecule has 0 fully saturated rings. The maximum absolute atomic E-state index is 11.0. The molecule has 1 rings (SSSR count). The Bertz CT molecular complexity index is 511. The van der Waals surface area contributed by atoms with E-state index in [1.54, 1.807) is 19.9 Å². The molecule has 5 heteroatoms. The van der Waals surface area contributed by atoms with Crippen LogP contribution in [0.25, 0.3) is 0 Å². The van der Waals surface area contributed by atoms with E-state index < -0.39 is 10.9 Å². The van der Waals surface area contributed by atoms with Crippen LogP contribution >= 0.6 is 0 Å². The maximum Gasteiger partial charge on any atom is 0.384 e. The summed E-state index contributed by atoms with van der Waals surface area (Å²) in [5, 5.41) is 10.6. The monoisotopic (exact) mass is 233 g/mol. The zero-order valence-electron chi connectivity index (χ0n) is 9.52. The minimum atomic E-state index is -0.642. The Morgan fingerprint density at radius 3 is 2.76 bits per heavy atom. The lowest BCUT2D eigenvalue weighted by Crippen LogP contribution is -1.99. The molecule has 0 aromatic heterocycles. The van der Waals surface area contributed by atoms with Gasteiger partial charge in [-0.2, -0.15) is 0 Å². The summed E-state index contributed by atoms with van der Waals surface area (Å²) in [5.74, 6) is 4.15. The van der Waals surface area contributed by atoms with Crippen LogP contribution in [0.2, 0.25) is 0 Å². The lowest BCUT2D eigenvalue weighted by atomic mass is 10.1. The van der Waals surface area contributed by atoms with Crippen LogP contribution in [0.15, 0.2) is 18.2 Å². The van der Waals surface area contributed by atoms with Crippen molar-refractivity contribution in [1.82, 2.24) is 0 Å². The first kappa shape index (κ1) is 12.7. The number of hydrogen-bond acceptors (Lipinski definition) is 4. The molecule has 0 N–H and O–H groups in total. The largest absolute Gasteiger partial charge is 0.456 e. The number of nitro groups is 1. The summed E-state index contributed by atoms with van der Waals surface area (Å²) in [6.45, 7) is 3.65. The Balaban J connectivity index is 2.99. The third kappa shape index (κ3) is 3.95. The van der Waals surface area contributed by atoms with E-state index in [0.717, 1.165) is 0 Å². The predicted molar refractivity (Wildman–Crippen MR) is 61.3 cm³/mol. The van der Waals surface area contributed by atoms with Crippen LogP contribution in [0.1, 0.15) is 18.1 Å². The normalized spacial score (nSPS) is 9.06. The Morgan fingerprint density at radius 1 is 1.47 bits per heavy atom. The topological polar surface area (TPSA) is 69.4 Å². The molecule has 0 amide bonds. The number of nitro benzene ring substituents is 1. The van der Waals surface area contributed by atoms with E-state index in [2.05, 4.69) is 16.6 Å².